The van der Waals surface area contributed by atoms with Gasteiger partial charge in [-0.25, -0.2) is 0 Å². The summed E-state index contributed by atoms with van der Waals surface area (Å²) < 4.78 is 0. The number of rotatable bonds is 3. The minimum atomic E-state index is -1.17. The van der Waals surface area contributed by atoms with Crippen LogP contribution in [0.15, 0.2) is 5.38 Å². The van der Waals surface area contributed by atoms with Gasteiger partial charge in [-0.3, -0.25) is 9.59 Å². The topological polar surface area (TPSA) is 92.4 Å². The molecule has 1 unspecified atom stereocenters. The van der Waals surface area contributed by atoms with E-state index in [1.807, 2.05) is 0 Å². The molecule has 0 bridgehead atoms. The molecule has 0 saturated heterocycles. The first kappa shape index (κ1) is 12.6. The van der Waals surface area contributed by atoms with Gasteiger partial charge in [0.1, 0.15) is 5.72 Å². The Kier molecular flexibility index (Phi) is 2.87. The highest BCUT2D eigenvalue weighted by atomic mass is 32.1. The van der Waals surface area contributed by atoms with Crippen molar-refractivity contribution in [3.05, 3.63) is 21.4 Å². The highest BCUT2D eigenvalue weighted by molar-refractivity contribution is 7.10. The normalized spacial score (nSPS) is 25.7. The second-order valence-electron chi connectivity index (χ2n) is 5.39. The molecule has 1 atom stereocenters. The van der Waals surface area contributed by atoms with Gasteiger partial charge in [-0.05, 0) is 31.2 Å². The van der Waals surface area contributed by atoms with Crippen LogP contribution in [0.2, 0.25) is 0 Å². The smallest absolute Gasteiger partial charge is 0.249 e. The van der Waals surface area contributed by atoms with Gasteiger partial charge in [-0.1, -0.05) is 0 Å². The summed E-state index contributed by atoms with van der Waals surface area (Å²) in [6, 6.07) is 0. The number of carbonyl (C=O) groups is 2. The van der Waals surface area contributed by atoms with Crippen LogP contribution in [0.1, 0.15) is 40.1 Å². The van der Waals surface area contributed by atoms with E-state index >= 15 is 0 Å². The van der Waals surface area contributed by atoms with Gasteiger partial charge in [0.05, 0.1) is 5.56 Å². The molecular formula is C13H16N2O3S. The van der Waals surface area contributed by atoms with Crippen molar-refractivity contribution in [2.75, 3.05) is 0 Å². The lowest BCUT2D eigenvalue weighted by Gasteiger charge is -2.33. The highest BCUT2D eigenvalue weighted by Gasteiger charge is 2.39. The average Bonchev–Trinajstić information content (AvgIpc) is 3.09. The lowest BCUT2D eigenvalue weighted by atomic mass is 9.89. The summed E-state index contributed by atoms with van der Waals surface area (Å²) in [5, 5.41) is 15.0. The minimum absolute atomic E-state index is 0.0577. The summed E-state index contributed by atoms with van der Waals surface area (Å²) in [6.07, 6.45) is 3.18. The lowest BCUT2D eigenvalue weighted by Crippen LogP contribution is -2.52. The zero-order chi connectivity index (χ0) is 13.6. The van der Waals surface area contributed by atoms with E-state index in [-0.39, 0.29) is 11.8 Å². The van der Waals surface area contributed by atoms with Crippen molar-refractivity contribution >= 4 is 23.2 Å². The van der Waals surface area contributed by atoms with Crippen molar-refractivity contribution < 1.29 is 14.7 Å². The van der Waals surface area contributed by atoms with Crippen LogP contribution >= 0.6 is 11.3 Å². The lowest BCUT2D eigenvalue weighted by molar-refractivity contribution is -0.130. The molecule has 6 heteroatoms. The fourth-order valence-electron chi connectivity index (χ4n) is 2.52. The summed E-state index contributed by atoms with van der Waals surface area (Å²) in [4.78, 5) is 24.0. The van der Waals surface area contributed by atoms with E-state index < -0.39 is 11.6 Å². The predicted octanol–water partition coefficient (Wildman–Crippen LogP) is 0.550. The monoisotopic (exact) mass is 280 g/mol. The van der Waals surface area contributed by atoms with E-state index in [1.165, 1.54) is 11.3 Å². The number of hydrogen-bond donors (Lipinski definition) is 3. The van der Waals surface area contributed by atoms with E-state index in [0.29, 0.717) is 24.8 Å². The number of fused-ring (bicyclic) bond motifs is 1. The van der Waals surface area contributed by atoms with Crippen LogP contribution in [0.3, 0.4) is 0 Å². The van der Waals surface area contributed by atoms with Crippen molar-refractivity contribution in [1.29, 1.82) is 0 Å². The van der Waals surface area contributed by atoms with Gasteiger partial charge in [0.25, 0.3) is 0 Å². The Labute approximate surface area is 114 Å². The fourth-order valence-corrected chi connectivity index (χ4v) is 3.72. The number of primary amides is 1. The Bertz CT molecular complexity index is 550. The van der Waals surface area contributed by atoms with Crippen LogP contribution in [0, 0.1) is 5.92 Å². The number of thiophene rings is 1. The maximum absolute atomic E-state index is 11.8. The van der Waals surface area contributed by atoms with Crippen LogP contribution in [0.25, 0.3) is 0 Å². The Morgan fingerprint density at radius 3 is 2.84 bits per heavy atom. The number of amides is 2. The van der Waals surface area contributed by atoms with Crippen molar-refractivity contribution in [1.82, 2.24) is 5.32 Å². The highest BCUT2D eigenvalue weighted by Crippen LogP contribution is 2.35. The first-order chi connectivity index (χ1) is 8.98. The van der Waals surface area contributed by atoms with Gasteiger partial charge >= 0.3 is 0 Å². The number of nitrogens with one attached hydrogen (secondary N) is 1. The molecule has 2 aliphatic rings. The molecule has 1 aromatic rings. The number of nitrogens with two attached hydrogens (primary N) is 1. The average molecular weight is 280 g/mol. The van der Waals surface area contributed by atoms with Crippen LogP contribution in [-0.2, 0) is 17.6 Å². The maximum atomic E-state index is 11.8. The summed E-state index contributed by atoms with van der Waals surface area (Å²) >= 11 is 1.42. The first-order valence-corrected chi connectivity index (χ1v) is 7.30. The first-order valence-electron chi connectivity index (χ1n) is 6.42. The van der Waals surface area contributed by atoms with E-state index in [1.54, 1.807) is 5.38 Å². The molecule has 0 spiro atoms. The second kappa shape index (κ2) is 4.31. The number of carbonyl (C=O) groups excluding carboxylic acids is 2. The van der Waals surface area contributed by atoms with E-state index in [0.717, 1.165) is 23.3 Å². The molecule has 4 N–H and O–H groups in total. The third-order valence-electron chi connectivity index (χ3n) is 3.79. The van der Waals surface area contributed by atoms with Crippen molar-refractivity contribution in [2.24, 2.45) is 11.7 Å². The van der Waals surface area contributed by atoms with Crippen LogP contribution < -0.4 is 11.1 Å². The number of hydrogen-bond acceptors (Lipinski definition) is 4. The van der Waals surface area contributed by atoms with Gasteiger partial charge in [0, 0.05) is 22.6 Å². The molecule has 1 fully saturated rings. The van der Waals surface area contributed by atoms with Crippen molar-refractivity contribution in [3.8, 4) is 0 Å². The van der Waals surface area contributed by atoms with Gasteiger partial charge in [-0.2, -0.15) is 0 Å². The zero-order valence-electron chi connectivity index (χ0n) is 10.4. The molecule has 19 heavy (non-hydrogen) atoms. The molecule has 102 valence electrons. The van der Waals surface area contributed by atoms with Crippen molar-refractivity contribution in [2.45, 2.75) is 37.8 Å². The zero-order valence-corrected chi connectivity index (χ0v) is 11.3. The molecule has 2 aliphatic carbocycles. The molecule has 1 heterocycles. The molecule has 2 amide bonds. The fraction of sp³-hybridized carbons (Fsp3) is 0.538. The summed E-state index contributed by atoms with van der Waals surface area (Å²) in [7, 11) is 0. The third-order valence-corrected chi connectivity index (χ3v) is 4.82. The second-order valence-corrected chi connectivity index (χ2v) is 6.35. The van der Waals surface area contributed by atoms with E-state index in [9.17, 15) is 14.7 Å². The molecule has 5 nitrogen and oxygen atoms in total. The Hall–Kier alpha value is -1.40. The van der Waals surface area contributed by atoms with Crippen molar-refractivity contribution in [3.63, 3.8) is 0 Å². The third kappa shape index (κ3) is 2.37. The minimum Gasteiger partial charge on any atom is -0.371 e. The Balaban J connectivity index is 1.77. The van der Waals surface area contributed by atoms with Gasteiger partial charge in [0.2, 0.25) is 11.8 Å². The summed E-state index contributed by atoms with van der Waals surface area (Å²) in [5.41, 5.74) is 5.62. The van der Waals surface area contributed by atoms with Crippen LogP contribution in [0.4, 0.5) is 0 Å². The standard InChI is InChI=1S/C13H16N2O3S/c14-11(16)9-6-19-10-5-13(18,4-3-8(9)10)15-12(17)7-1-2-7/h6-7,18H,1-5H2,(H2,14,16)(H,15,17). The quantitative estimate of drug-likeness (QED) is 0.706. The molecule has 0 aromatic carbocycles. The molecule has 1 saturated carbocycles. The molecule has 0 radical (unpaired) electrons. The number of aliphatic hydroxyl groups is 1. The van der Waals surface area contributed by atoms with Gasteiger partial charge in [-0.15, -0.1) is 11.3 Å². The van der Waals surface area contributed by atoms with Gasteiger partial charge < -0.3 is 16.2 Å². The Morgan fingerprint density at radius 2 is 2.21 bits per heavy atom. The Morgan fingerprint density at radius 1 is 1.47 bits per heavy atom. The molecule has 1 aromatic heterocycles. The van der Waals surface area contributed by atoms with Gasteiger partial charge in [0.15, 0.2) is 0 Å². The van der Waals surface area contributed by atoms with E-state index in [4.69, 9.17) is 5.73 Å². The van der Waals surface area contributed by atoms with Crippen LogP contribution in [-0.4, -0.2) is 22.6 Å². The summed E-state index contributed by atoms with van der Waals surface area (Å²) in [5.74, 6) is -0.405. The molecule has 3 rings (SSSR count). The molecule has 0 aliphatic heterocycles. The maximum Gasteiger partial charge on any atom is 0.249 e. The van der Waals surface area contributed by atoms with E-state index in [2.05, 4.69) is 5.32 Å². The molecular weight excluding hydrogens is 264 g/mol. The SMILES string of the molecule is NC(=O)c1csc2c1CCC(O)(NC(=O)C1CC1)C2. The summed E-state index contributed by atoms with van der Waals surface area (Å²) in [6.45, 7) is 0. The predicted molar refractivity (Wildman–Crippen MR) is 70.7 cm³/mol. The largest absolute Gasteiger partial charge is 0.371 e. The van der Waals surface area contributed by atoms with Crippen LogP contribution in [0.5, 0.6) is 0 Å².